The quantitative estimate of drug-likeness (QED) is 0.438. The van der Waals surface area contributed by atoms with Gasteiger partial charge in [0.05, 0.1) is 16.9 Å². The van der Waals surface area contributed by atoms with Gasteiger partial charge in [0, 0.05) is 44.6 Å². The Hall–Kier alpha value is -4.28. The van der Waals surface area contributed by atoms with Gasteiger partial charge >= 0.3 is 11.9 Å². The van der Waals surface area contributed by atoms with E-state index in [2.05, 4.69) is 5.32 Å². The zero-order chi connectivity index (χ0) is 26.6. The third-order valence-electron chi connectivity index (χ3n) is 6.44. The molecule has 0 aliphatic heterocycles. The Labute approximate surface area is 208 Å². The highest BCUT2D eigenvalue weighted by Crippen LogP contribution is 2.38. The lowest BCUT2D eigenvalue weighted by Crippen LogP contribution is -2.41. The highest BCUT2D eigenvalue weighted by Gasteiger charge is 2.35. The van der Waals surface area contributed by atoms with Crippen molar-refractivity contribution in [3.8, 4) is 5.69 Å². The molecule has 37 heavy (non-hydrogen) atoms. The van der Waals surface area contributed by atoms with Crippen LogP contribution >= 0.6 is 0 Å². The van der Waals surface area contributed by atoms with Gasteiger partial charge in [0.2, 0.25) is 0 Å². The van der Waals surface area contributed by atoms with E-state index in [-0.39, 0.29) is 34.1 Å². The number of benzene rings is 2. The Kier molecular flexibility index (Phi) is 5.73. The molecule has 2 heterocycles. The van der Waals surface area contributed by atoms with Gasteiger partial charge in [0.25, 0.3) is 11.1 Å². The summed E-state index contributed by atoms with van der Waals surface area (Å²) in [4.78, 5) is 41.5. The second-order valence-electron chi connectivity index (χ2n) is 9.26. The van der Waals surface area contributed by atoms with Crippen LogP contribution in [-0.2, 0) is 13.2 Å². The fourth-order valence-corrected chi connectivity index (χ4v) is 4.51. The van der Waals surface area contributed by atoms with Crippen molar-refractivity contribution in [1.29, 1.82) is 0 Å². The molecule has 1 saturated carbocycles. The number of pyridine rings is 1. The maximum absolute atomic E-state index is 13.8. The van der Waals surface area contributed by atoms with Crippen LogP contribution in [0.2, 0.25) is 0 Å². The van der Waals surface area contributed by atoms with E-state index in [0.717, 1.165) is 12.1 Å². The molecule has 0 saturated heterocycles. The Balaban J connectivity index is 1.82. The van der Waals surface area contributed by atoms with Crippen LogP contribution in [0.15, 0.2) is 69.0 Å². The average Bonchev–Trinajstić information content (AvgIpc) is 3.67. The predicted molar refractivity (Wildman–Crippen MR) is 136 cm³/mol. The van der Waals surface area contributed by atoms with E-state index in [9.17, 15) is 27.6 Å². The van der Waals surface area contributed by atoms with Gasteiger partial charge in [0.15, 0.2) is 0 Å². The van der Waals surface area contributed by atoms with Gasteiger partial charge < -0.3 is 10.2 Å². The number of nitrogens with zero attached hydrogens (tertiary/aromatic N) is 4. The van der Waals surface area contributed by atoms with Crippen LogP contribution in [0.5, 0.6) is 0 Å². The molecule has 192 valence electrons. The smallest absolute Gasteiger partial charge is 0.377 e. The summed E-state index contributed by atoms with van der Waals surface area (Å²) in [5.41, 5.74) is -2.04. The van der Waals surface area contributed by atoms with Crippen LogP contribution in [0.25, 0.3) is 16.7 Å². The van der Waals surface area contributed by atoms with Gasteiger partial charge in [-0.1, -0.05) is 18.2 Å². The lowest BCUT2D eigenvalue weighted by atomic mass is 10.1. The molecule has 1 fully saturated rings. The van der Waals surface area contributed by atoms with Crippen molar-refractivity contribution in [1.82, 2.24) is 13.7 Å². The van der Waals surface area contributed by atoms with Gasteiger partial charge in [-0.15, -0.1) is 0 Å². The van der Waals surface area contributed by atoms with E-state index in [1.54, 1.807) is 30.3 Å². The third-order valence-corrected chi connectivity index (χ3v) is 6.44. The number of anilines is 3. The van der Waals surface area contributed by atoms with Crippen molar-refractivity contribution in [3.63, 3.8) is 0 Å². The number of alkyl halides is 3. The van der Waals surface area contributed by atoms with Crippen molar-refractivity contribution >= 4 is 28.1 Å². The third kappa shape index (κ3) is 4.20. The molecule has 11 heteroatoms. The van der Waals surface area contributed by atoms with Crippen molar-refractivity contribution in [2.75, 3.05) is 24.3 Å². The molecule has 0 atom stereocenters. The number of hydrogen-bond acceptors (Lipinski definition) is 5. The van der Waals surface area contributed by atoms with Crippen LogP contribution in [0, 0.1) is 0 Å². The normalized spacial score (nSPS) is 13.7. The molecule has 0 unspecified atom stereocenters. The number of rotatable bonds is 5. The maximum Gasteiger partial charge on any atom is 0.418 e. The first-order valence-corrected chi connectivity index (χ1v) is 11.6. The van der Waals surface area contributed by atoms with E-state index >= 15 is 0 Å². The van der Waals surface area contributed by atoms with E-state index in [1.807, 2.05) is 0 Å². The van der Waals surface area contributed by atoms with Gasteiger partial charge in [-0.2, -0.15) is 13.2 Å². The van der Waals surface area contributed by atoms with E-state index < -0.39 is 28.5 Å². The first-order chi connectivity index (χ1) is 17.5. The molecule has 0 amide bonds. The van der Waals surface area contributed by atoms with Crippen LogP contribution in [0.3, 0.4) is 0 Å². The summed E-state index contributed by atoms with van der Waals surface area (Å²) in [7, 11) is 4.46. The lowest BCUT2D eigenvalue weighted by Gasteiger charge is -2.21. The van der Waals surface area contributed by atoms with Gasteiger partial charge in [-0.3, -0.25) is 18.7 Å². The molecule has 4 aromatic rings. The Bertz CT molecular complexity index is 1700. The average molecular weight is 512 g/mol. The number of aryl methyl sites for hydroxylation is 1. The first kappa shape index (κ1) is 24.4. The number of halogens is 3. The predicted octanol–water partition coefficient (Wildman–Crippen LogP) is 4.01. The summed E-state index contributed by atoms with van der Waals surface area (Å²) in [5.74, 6) is 0. The van der Waals surface area contributed by atoms with E-state index in [4.69, 9.17) is 0 Å². The fraction of sp³-hybridized carbons (Fsp3) is 0.269. The monoisotopic (exact) mass is 511 g/mol. The number of nitrogens with one attached hydrogen (secondary N) is 1. The van der Waals surface area contributed by atoms with E-state index in [1.165, 1.54) is 51.9 Å². The molecular formula is C26H24F3N5O3. The second-order valence-corrected chi connectivity index (χ2v) is 9.26. The largest absolute Gasteiger partial charge is 0.418 e. The molecule has 5 rings (SSSR count). The molecule has 0 spiro atoms. The molecule has 1 N–H and O–H groups in total. The zero-order valence-corrected chi connectivity index (χ0v) is 20.3. The van der Waals surface area contributed by atoms with Gasteiger partial charge in [-0.25, -0.2) is 9.36 Å². The summed E-state index contributed by atoms with van der Waals surface area (Å²) >= 11 is 0. The number of aromatic nitrogens is 3. The highest BCUT2D eigenvalue weighted by molar-refractivity contribution is 5.91. The fourth-order valence-electron chi connectivity index (χ4n) is 4.51. The lowest BCUT2D eigenvalue weighted by molar-refractivity contribution is -0.137. The topological polar surface area (TPSA) is 81.3 Å². The number of para-hydroxylation sites is 1. The number of fused-ring (bicyclic) bond motifs is 1. The van der Waals surface area contributed by atoms with Gasteiger partial charge in [0.1, 0.15) is 11.0 Å². The summed E-state index contributed by atoms with van der Waals surface area (Å²) in [6.07, 6.45) is -3.31. The summed E-state index contributed by atoms with van der Waals surface area (Å²) in [6, 6.07) is 13.2. The molecule has 8 nitrogen and oxygen atoms in total. The summed E-state index contributed by atoms with van der Waals surface area (Å²) in [5, 5.41) is 2.89. The number of hydrogen-bond donors (Lipinski definition) is 1. The molecule has 0 radical (unpaired) electrons. The molecule has 1 aliphatic carbocycles. The molecule has 1 aliphatic rings. The van der Waals surface area contributed by atoms with Crippen LogP contribution < -0.4 is 27.0 Å². The molecule has 2 aromatic heterocycles. The highest BCUT2D eigenvalue weighted by atomic mass is 19.4. The van der Waals surface area contributed by atoms with Gasteiger partial charge in [-0.05, 0) is 43.2 Å². The van der Waals surface area contributed by atoms with Crippen LogP contribution in [-0.4, -0.2) is 27.8 Å². The Morgan fingerprint density at radius 3 is 2.24 bits per heavy atom. The minimum absolute atomic E-state index is 0.0212. The van der Waals surface area contributed by atoms with Crippen LogP contribution in [0.1, 0.15) is 24.4 Å². The SMILES string of the molecule is CN(C)c1ccc(Nc2cc(=O)n(C)c3c2c(=O)n(C2CC2)c(=O)n3-c2ccccc2)cc1C(F)(F)F. The Morgan fingerprint density at radius 1 is 0.973 bits per heavy atom. The molecule has 0 bridgehead atoms. The zero-order valence-electron chi connectivity index (χ0n) is 20.3. The van der Waals surface area contributed by atoms with E-state index in [0.29, 0.717) is 18.5 Å². The Morgan fingerprint density at radius 2 is 1.65 bits per heavy atom. The maximum atomic E-state index is 13.8. The minimum atomic E-state index is -4.63. The van der Waals surface area contributed by atoms with Crippen molar-refractivity contribution in [2.24, 2.45) is 7.05 Å². The van der Waals surface area contributed by atoms with Crippen LogP contribution in [0.4, 0.5) is 30.2 Å². The van der Waals surface area contributed by atoms with Crippen molar-refractivity contribution in [3.05, 3.63) is 91.4 Å². The summed E-state index contributed by atoms with van der Waals surface area (Å²) < 4.78 is 45.1. The standard InChI is InChI=1S/C26H24F3N5O3/c1-31(2)20-12-9-15(13-18(20)26(27,28)29)30-19-14-21(35)32(3)23-22(19)24(36)34(17-10-11-17)25(37)33(23)16-7-5-4-6-8-16/h4-9,12-14,17,30H,10-11H2,1-3H3. The minimum Gasteiger partial charge on any atom is -0.377 e. The molecular weight excluding hydrogens is 487 g/mol. The van der Waals surface area contributed by atoms with Crippen molar-refractivity contribution in [2.45, 2.75) is 25.1 Å². The summed E-state index contributed by atoms with van der Waals surface area (Å²) in [6.45, 7) is 0. The first-order valence-electron chi connectivity index (χ1n) is 11.6. The molecule has 2 aromatic carbocycles. The van der Waals surface area contributed by atoms with Crippen molar-refractivity contribution < 1.29 is 13.2 Å². The second kappa shape index (κ2) is 8.68.